The molecule has 5 heteroatoms. The molecule has 1 aliphatic heterocycles. The van der Waals surface area contributed by atoms with Gasteiger partial charge in [0.15, 0.2) is 5.78 Å². The number of rotatable bonds is 3. The van der Waals surface area contributed by atoms with Crippen LogP contribution in [0.25, 0.3) is 0 Å². The highest BCUT2D eigenvalue weighted by molar-refractivity contribution is 6.15. The first-order chi connectivity index (χ1) is 12.2. The molecule has 0 aliphatic carbocycles. The summed E-state index contributed by atoms with van der Waals surface area (Å²) in [5.74, 6) is -0.251. The maximum Gasteiger partial charge on any atom is 0.255 e. The van der Waals surface area contributed by atoms with Gasteiger partial charge in [0.1, 0.15) is 0 Å². The van der Waals surface area contributed by atoms with Gasteiger partial charge >= 0.3 is 0 Å². The minimum absolute atomic E-state index is 0.118. The second-order valence-corrected chi connectivity index (χ2v) is 6.01. The summed E-state index contributed by atoms with van der Waals surface area (Å²) >= 11 is 0. The van der Waals surface area contributed by atoms with Crippen LogP contribution in [0, 0.1) is 0 Å². The first-order valence-corrected chi connectivity index (χ1v) is 8.23. The number of ketones is 1. The molecule has 0 saturated heterocycles. The van der Waals surface area contributed by atoms with Crippen molar-refractivity contribution in [3.05, 3.63) is 89.2 Å². The van der Waals surface area contributed by atoms with Gasteiger partial charge in [-0.1, -0.05) is 48.5 Å². The van der Waals surface area contributed by atoms with E-state index in [4.69, 9.17) is 0 Å². The number of carbonyl (C=O) groups excluding carboxylic acids is 2. The number of aromatic nitrogens is 2. The number of carbonyl (C=O) groups is 2. The zero-order valence-electron chi connectivity index (χ0n) is 13.6. The number of nitrogens with zero attached hydrogens (tertiary/aromatic N) is 3. The summed E-state index contributed by atoms with van der Waals surface area (Å²) in [6.07, 6.45) is 1.75. The van der Waals surface area contributed by atoms with Crippen molar-refractivity contribution in [3.63, 3.8) is 0 Å². The summed E-state index contributed by atoms with van der Waals surface area (Å²) in [6.45, 7) is 1.76. The van der Waals surface area contributed by atoms with E-state index in [2.05, 4.69) is 5.10 Å². The minimum atomic E-state index is -0.133. The first-order valence-electron chi connectivity index (χ1n) is 8.23. The van der Waals surface area contributed by atoms with Gasteiger partial charge in [0.05, 0.1) is 24.3 Å². The molecule has 1 amide bonds. The van der Waals surface area contributed by atoms with Crippen molar-refractivity contribution in [2.45, 2.75) is 13.1 Å². The topological polar surface area (TPSA) is 55.2 Å². The van der Waals surface area contributed by atoms with Gasteiger partial charge in [0, 0.05) is 23.9 Å². The highest BCUT2D eigenvalue weighted by Crippen LogP contribution is 2.19. The fourth-order valence-corrected chi connectivity index (χ4v) is 3.14. The molecular weight excluding hydrogens is 314 g/mol. The van der Waals surface area contributed by atoms with Crippen molar-refractivity contribution in [1.82, 2.24) is 14.7 Å². The Bertz CT molecular complexity index is 931. The van der Waals surface area contributed by atoms with Gasteiger partial charge in [-0.25, -0.2) is 0 Å². The number of hydrogen-bond acceptors (Lipinski definition) is 3. The quantitative estimate of drug-likeness (QED) is 0.694. The maximum absolute atomic E-state index is 13.0. The molecule has 0 bridgehead atoms. The smallest absolute Gasteiger partial charge is 0.255 e. The average molecular weight is 331 g/mol. The van der Waals surface area contributed by atoms with E-state index in [1.165, 1.54) is 0 Å². The van der Waals surface area contributed by atoms with Crippen LogP contribution < -0.4 is 0 Å². The predicted octanol–water partition coefficient (Wildman–Crippen LogP) is 2.77. The normalized spacial score (nSPS) is 13.4. The summed E-state index contributed by atoms with van der Waals surface area (Å²) < 4.78 is 1.91. The predicted molar refractivity (Wildman–Crippen MR) is 93.3 cm³/mol. The molecule has 0 spiro atoms. The zero-order valence-corrected chi connectivity index (χ0v) is 13.6. The molecule has 0 unspecified atom stereocenters. The van der Waals surface area contributed by atoms with Gasteiger partial charge in [-0.15, -0.1) is 0 Å². The lowest BCUT2D eigenvalue weighted by atomic mass is 9.97. The molecule has 3 aromatic rings. The highest BCUT2D eigenvalue weighted by atomic mass is 16.2. The number of fused-ring (bicyclic) bond motifs is 1. The van der Waals surface area contributed by atoms with E-state index in [1.807, 2.05) is 28.9 Å². The molecule has 2 aromatic carbocycles. The van der Waals surface area contributed by atoms with Crippen LogP contribution in [0.4, 0.5) is 0 Å². The highest BCUT2D eigenvalue weighted by Gasteiger charge is 2.25. The molecule has 0 atom stereocenters. The van der Waals surface area contributed by atoms with Gasteiger partial charge in [0.2, 0.25) is 0 Å². The van der Waals surface area contributed by atoms with Gasteiger partial charge in [-0.2, -0.15) is 5.10 Å². The third-order valence-corrected chi connectivity index (χ3v) is 4.46. The Labute approximate surface area is 145 Å². The van der Waals surface area contributed by atoms with Crippen molar-refractivity contribution < 1.29 is 9.59 Å². The zero-order chi connectivity index (χ0) is 17.2. The van der Waals surface area contributed by atoms with Crippen molar-refractivity contribution in [3.8, 4) is 0 Å². The van der Waals surface area contributed by atoms with Gasteiger partial charge in [0.25, 0.3) is 5.91 Å². The number of amides is 1. The van der Waals surface area contributed by atoms with Gasteiger partial charge in [-0.05, 0) is 12.1 Å². The summed E-state index contributed by atoms with van der Waals surface area (Å²) in [5, 5.41) is 4.23. The van der Waals surface area contributed by atoms with E-state index < -0.39 is 0 Å². The molecule has 124 valence electrons. The van der Waals surface area contributed by atoms with E-state index in [1.54, 1.807) is 47.5 Å². The monoisotopic (exact) mass is 331 g/mol. The fraction of sp³-hybridized carbons (Fsp3) is 0.150. The fourth-order valence-electron chi connectivity index (χ4n) is 3.14. The molecule has 25 heavy (non-hydrogen) atoms. The van der Waals surface area contributed by atoms with Crippen LogP contribution in [0.3, 0.4) is 0 Å². The second-order valence-electron chi connectivity index (χ2n) is 6.01. The van der Waals surface area contributed by atoms with E-state index in [0.717, 1.165) is 5.69 Å². The number of benzene rings is 2. The summed E-state index contributed by atoms with van der Waals surface area (Å²) in [4.78, 5) is 27.6. The Hall–Kier alpha value is -3.21. The molecule has 0 radical (unpaired) electrons. The van der Waals surface area contributed by atoms with Crippen LogP contribution >= 0.6 is 0 Å². The van der Waals surface area contributed by atoms with E-state index in [-0.39, 0.29) is 11.7 Å². The Kier molecular flexibility index (Phi) is 3.90. The summed E-state index contributed by atoms with van der Waals surface area (Å²) in [6, 6.07) is 18.0. The molecule has 0 fully saturated rings. The summed E-state index contributed by atoms with van der Waals surface area (Å²) in [5.41, 5.74) is 2.48. The Morgan fingerprint density at radius 1 is 0.840 bits per heavy atom. The van der Waals surface area contributed by atoms with Crippen LogP contribution in [0.1, 0.15) is 32.0 Å². The molecule has 0 N–H and O–H groups in total. The SMILES string of the molecule is O=C(c1ccccc1)c1ccccc1C(=O)N1CCn2nccc2C1. The summed E-state index contributed by atoms with van der Waals surface area (Å²) in [7, 11) is 0. The second kappa shape index (κ2) is 6.36. The molecule has 1 aliphatic rings. The Morgan fingerprint density at radius 2 is 1.56 bits per heavy atom. The number of hydrogen-bond donors (Lipinski definition) is 0. The van der Waals surface area contributed by atoms with E-state index in [9.17, 15) is 9.59 Å². The minimum Gasteiger partial charge on any atom is -0.331 e. The average Bonchev–Trinajstić information content (AvgIpc) is 3.15. The Morgan fingerprint density at radius 3 is 2.36 bits per heavy atom. The molecule has 0 saturated carbocycles. The maximum atomic E-state index is 13.0. The van der Waals surface area contributed by atoms with Crippen molar-refractivity contribution in [2.24, 2.45) is 0 Å². The van der Waals surface area contributed by atoms with Gasteiger partial charge < -0.3 is 4.90 Å². The van der Waals surface area contributed by atoms with Crippen LogP contribution in [0.2, 0.25) is 0 Å². The van der Waals surface area contributed by atoms with Crippen LogP contribution in [-0.4, -0.2) is 32.9 Å². The van der Waals surface area contributed by atoms with Crippen molar-refractivity contribution in [2.75, 3.05) is 6.54 Å². The van der Waals surface area contributed by atoms with E-state index in [0.29, 0.717) is 36.3 Å². The van der Waals surface area contributed by atoms with Gasteiger partial charge in [-0.3, -0.25) is 14.3 Å². The molecule has 1 aromatic heterocycles. The lowest BCUT2D eigenvalue weighted by Gasteiger charge is -2.28. The lowest BCUT2D eigenvalue weighted by Crippen LogP contribution is -2.39. The molecular formula is C20H17N3O2. The van der Waals surface area contributed by atoms with Crippen LogP contribution in [0.5, 0.6) is 0 Å². The Balaban J connectivity index is 1.65. The standard InChI is InChI=1S/C20H17N3O2/c24-19(15-6-2-1-3-7-15)17-8-4-5-9-18(17)20(25)22-12-13-23-16(14-22)10-11-21-23/h1-11H,12-14H2. The van der Waals surface area contributed by atoms with E-state index >= 15 is 0 Å². The third-order valence-electron chi connectivity index (χ3n) is 4.46. The van der Waals surface area contributed by atoms with Crippen molar-refractivity contribution in [1.29, 1.82) is 0 Å². The van der Waals surface area contributed by atoms with Crippen molar-refractivity contribution >= 4 is 11.7 Å². The first kappa shape index (κ1) is 15.3. The molecule has 4 rings (SSSR count). The largest absolute Gasteiger partial charge is 0.331 e. The third kappa shape index (κ3) is 2.85. The van der Waals surface area contributed by atoms with Crippen LogP contribution in [-0.2, 0) is 13.1 Å². The molecule has 2 heterocycles. The van der Waals surface area contributed by atoms with Crippen LogP contribution in [0.15, 0.2) is 66.9 Å². The lowest BCUT2D eigenvalue weighted by molar-refractivity contribution is 0.0702. The molecule has 5 nitrogen and oxygen atoms in total.